The number of hydrogen-bond donors (Lipinski definition) is 0. The minimum atomic E-state index is 0.626. The fraction of sp³-hybridized carbons (Fsp3) is 0. The Morgan fingerprint density at radius 2 is 0.373 bits per heavy atom. The molecule has 8 heteroatoms. The molecular weight excluding hydrogens is 1720 g/mol. The predicted octanol–water partition coefficient (Wildman–Crippen LogP) is 35.4. The first-order chi connectivity index (χ1) is 70.4. The molecular formula is C134H82N8. The highest BCUT2D eigenvalue weighted by atomic mass is 15.2. The summed E-state index contributed by atoms with van der Waals surface area (Å²) in [6, 6.07) is 181. The molecule has 0 aliphatic heterocycles. The van der Waals surface area contributed by atoms with Crippen LogP contribution in [0.1, 0.15) is 0 Å². The highest BCUT2D eigenvalue weighted by Crippen LogP contribution is 2.48. The zero-order chi connectivity index (χ0) is 93.1. The largest absolute Gasteiger partial charge is 0.309 e. The fourth-order valence-corrected chi connectivity index (χ4v) is 23.1. The van der Waals surface area contributed by atoms with Crippen molar-refractivity contribution in [1.29, 1.82) is 0 Å². The van der Waals surface area contributed by atoms with Gasteiger partial charge in [0.1, 0.15) is 0 Å². The summed E-state index contributed by atoms with van der Waals surface area (Å²) < 4.78 is 9.38. The molecule has 658 valence electrons. The second kappa shape index (κ2) is 32.3. The highest BCUT2D eigenvalue weighted by Gasteiger charge is 2.27. The van der Waals surface area contributed by atoms with Gasteiger partial charge < -0.3 is 9.13 Å². The van der Waals surface area contributed by atoms with E-state index in [4.69, 9.17) is 19.9 Å². The van der Waals surface area contributed by atoms with Crippen LogP contribution in [0.4, 0.5) is 0 Å². The van der Waals surface area contributed by atoms with Gasteiger partial charge in [-0.25, -0.2) is 19.9 Å². The van der Waals surface area contributed by atoms with E-state index in [1.807, 2.05) is 0 Å². The molecule has 30 aromatic rings. The van der Waals surface area contributed by atoms with Crippen molar-refractivity contribution in [2.24, 2.45) is 0 Å². The Labute approximate surface area is 815 Å². The zero-order valence-electron chi connectivity index (χ0n) is 76.9. The molecule has 0 N–H and O–H groups in total. The maximum absolute atomic E-state index is 5.61. The maximum atomic E-state index is 5.61. The van der Waals surface area contributed by atoms with E-state index >= 15 is 0 Å². The monoisotopic (exact) mass is 1800 g/mol. The summed E-state index contributed by atoms with van der Waals surface area (Å²) in [5.74, 6) is 1.25. The number of rotatable bonds is 11. The summed E-state index contributed by atoms with van der Waals surface area (Å²) in [4.78, 5) is 22.4. The molecule has 0 unspecified atom stereocenters. The summed E-state index contributed by atoms with van der Waals surface area (Å²) in [6.07, 6.45) is 0. The van der Waals surface area contributed by atoms with E-state index in [9.17, 15) is 0 Å². The van der Waals surface area contributed by atoms with Crippen molar-refractivity contribution in [2.75, 3.05) is 0 Å². The van der Waals surface area contributed by atoms with Gasteiger partial charge in [0.25, 0.3) is 0 Å². The minimum absolute atomic E-state index is 0.626. The van der Waals surface area contributed by atoms with Gasteiger partial charge in [0.05, 0.1) is 72.6 Å². The zero-order valence-corrected chi connectivity index (χ0v) is 76.9. The highest BCUT2D eigenvalue weighted by molar-refractivity contribution is 6.21. The molecule has 0 spiro atoms. The van der Waals surface area contributed by atoms with Crippen molar-refractivity contribution in [3.05, 3.63) is 497 Å². The van der Waals surface area contributed by atoms with Gasteiger partial charge >= 0.3 is 0 Å². The third-order valence-electron chi connectivity index (χ3n) is 29.6. The average molecular weight is 1800 g/mol. The Bertz CT molecular complexity index is 10300. The summed E-state index contributed by atoms with van der Waals surface area (Å²) >= 11 is 0. The Morgan fingerprint density at radius 3 is 0.739 bits per heavy atom. The van der Waals surface area contributed by atoms with Crippen LogP contribution in [0.5, 0.6) is 0 Å². The van der Waals surface area contributed by atoms with Crippen LogP contribution in [0.2, 0.25) is 0 Å². The summed E-state index contributed by atoms with van der Waals surface area (Å²) in [5.41, 5.74) is 26.1. The second-order valence-corrected chi connectivity index (χ2v) is 37.4. The lowest BCUT2D eigenvalue weighted by Gasteiger charge is -2.16. The molecule has 6 heterocycles. The van der Waals surface area contributed by atoms with E-state index in [1.54, 1.807) is 0 Å². The molecule has 0 amide bonds. The van der Waals surface area contributed by atoms with Gasteiger partial charge in [0.2, 0.25) is 11.9 Å². The van der Waals surface area contributed by atoms with Crippen LogP contribution < -0.4 is 0 Å². The second-order valence-electron chi connectivity index (χ2n) is 37.4. The standard InChI is InChI=1S/C68H42N4.C66H40N4/c1-2-17-43(18-3-1)44-21-16-22-49(37-44)71-64-31-14-12-29-56(64)60-38-45(33-35-66(60)71)46-34-36-67-61(39-46)57-30-13-15-32-65(57)72(67)68-69-62(58-40-47-19-4-6-23-50(47)52-25-8-10-27-54(52)58)42-63(70-68)59-41-48-20-5-7-24-51(48)53-26-9-11-28-55(53)59;1-6-22-48-41(16-1)19-15-31-61(48)69-62-29-13-11-27-53(62)57-36-42(32-34-64(57)69)43-33-35-65-58(37-43)54-28-12-14-30-63(54)70(65)66-67-59(55-38-44-17-2-4-20-46(44)49-23-7-9-25-51(49)55)40-60(68-66)56-39-45-18-3-5-21-47(45)50-24-8-10-26-52(50)56/h1-42H;1-40H. The van der Waals surface area contributed by atoms with Crippen LogP contribution >= 0.6 is 0 Å². The summed E-state index contributed by atoms with van der Waals surface area (Å²) in [7, 11) is 0. The molecule has 8 nitrogen and oxygen atoms in total. The first-order valence-corrected chi connectivity index (χ1v) is 48.6. The quantitative estimate of drug-likeness (QED) is 0.121. The van der Waals surface area contributed by atoms with Crippen molar-refractivity contribution >= 4 is 184 Å². The van der Waals surface area contributed by atoms with Gasteiger partial charge in [0.15, 0.2) is 0 Å². The van der Waals surface area contributed by atoms with E-state index in [0.717, 1.165) is 133 Å². The molecule has 0 saturated carbocycles. The van der Waals surface area contributed by atoms with E-state index in [-0.39, 0.29) is 0 Å². The Hall–Kier alpha value is -19.0. The molecule has 0 aliphatic rings. The lowest BCUT2D eigenvalue weighted by molar-refractivity contribution is 0.996. The maximum Gasteiger partial charge on any atom is 0.235 e. The number of hydrogen-bond acceptors (Lipinski definition) is 4. The Kier molecular flexibility index (Phi) is 18.3. The number of fused-ring (bicyclic) bond motifs is 25. The molecule has 0 aliphatic carbocycles. The van der Waals surface area contributed by atoms with Gasteiger partial charge in [-0.1, -0.05) is 370 Å². The van der Waals surface area contributed by atoms with Crippen LogP contribution in [-0.2, 0) is 0 Å². The normalized spacial score (nSPS) is 11.9. The van der Waals surface area contributed by atoms with E-state index in [2.05, 4.69) is 516 Å². The first-order valence-electron chi connectivity index (χ1n) is 48.6. The third kappa shape index (κ3) is 12.9. The lowest BCUT2D eigenvalue weighted by Crippen LogP contribution is -2.04. The van der Waals surface area contributed by atoms with E-state index in [1.165, 1.54) is 141 Å². The van der Waals surface area contributed by atoms with Crippen molar-refractivity contribution in [1.82, 2.24) is 38.2 Å². The molecule has 6 aromatic heterocycles. The van der Waals surface area contributed by atoms with E-state index < -0.39 is 0 Å². The van der Waals surface area contributed by atoms with Crippen molar-refractivity contribution < 1.29 is 0 Å². The Morgan fingerprint density at radius 1 is 0.127 bits per heavy atom. The van der Waals surface area contributed by atoms with Gasteiger partial charge in [-0.2, -0.15) is 0 Å². The van der Waals surface area contributed by atoms with E-state index in [0.29, 0.717) is 11.9 Å². The fourth-order valence-electron chi connectivity index (χ4n) is 23.1. The van der Waals surface area contributed by atoms with Gasteiger partial charge in [-0.15, -0.1) is 0 Å². The lowest BCUT2D eigenvalue weighted by atomic mass is 9.93. The molecule has 30 rings (SSSR count). The van der Waals surface area contributed by atoms with Crippen LogP contribution in [0.25, 0.3) is 286 Å². The molecule has 0 saturated heterocycles. The molecule has 0 radical (unpaired) electrons. The topological polar surface area (TPSA) is 71.3 Å². The molecule has 24 aromatic carbocycles. The van der Waals surface area contributed by atoms with Crippen LogP contribution in [0, 0.1) is 0 Å². The molecule has 142 heavy (non-hydrogen) atoms. The van der Waals surface area contributed by atoms with Crippen LogP contribution in [0.15, 0.2) is 497 Å². The smallest absolute Gasteiger partial charge is 0.235 e. The summed E-state index contributed by atoms with van der Waals surface area (Å²) in [5, 5.41) is 31.0. The van der Waals surface area contributed by atoms with Crippen LogP contribution in [-0.4, -0.2) is 38.2 Å². The third-order valence-corrected chi connectivity index (χ3v) is 29.6. The van der Waals surface area contributed by atoms with Gasteiger partial charge in [-0.05, 0) is 252 Å². The number of aromatic nitrogens is 8. The van der Waals surface area contributed by atoms with Crippen molar-refractivity contribution in [3.8, 4) is 102 Å². The van der Waals surface area contributed by atoms with Gasteiger partial charge in [0, 0.05) is 76.4 Å². The molecule has 0 fully saturated rings. The number of para-hydroxylation sites is 4. The number of benzene rings is 24. The summed E-state index contributed by atoms with van der Waals surface area (Å²) in [6.45, 7) is 0. The predicted molar refractivity (Wildman–Crippen MR) is 597 cm³/mol. The minimum Gasteiger partial charge on any atom is -0.309 e. The SMILES string of the molecule is c1ccc(-c2cccc(-n3c4ccccc4c4cc(-c5ccc6c(c5)c5ccccc5n6-c5nc(-c6cc7ccccc7c7ccccc67)cc(-c6cc7ccccc7c7ccccc67)n5)ccc43)c2)cc1.c1ccc2c(-n3c4ccccc4c4cc(-c5ccc6c(c5)c5ccccc5n6-c5nc(-c6cc7ccccc7c7ccccc67)cc(-c6cc7ccccc7c7ccccc67)n5)ccc43)cccc2c1. The average Bonchev–Trinajstić information content (AvgIpc) is 1.55. The molecule has 0 atom stereocenters. The van der Waals surface area contributed by atoms with Crippen LogP contribution in [0.3, 0.4) is 0 Å². The van der Waals surface area contributed by atoms with Crippen molar-refractivity contribution in [2.45, 2.75) is 0 Å². The first kappa shape index (κ1) is 80.3. The molecule has 0 bridgehead atoms. The number of nitrogens with zero attached hydrogens (tertiary/aromatic N) is 8. The van der Waals surface area contributed by atoms with Crippen molar-refractivity contribution in [3.63, 3.8) is 0 Å². The Balaban J connectivity index is 0.000000136. The van der Waals surface area contributed by atoms with Gasteiger partial charge in [-0.3, -0.25) is 9.13 Å².